The highest BCUT2D eigenvalue weighted by atomic mass is 16.3. The van der Waals surface area contributed by atoms with E-state index < -0.39 is 0 Å². The van der Waals surface area contributed by atoms with Crippen molar-refractivity contribution >= 4 is 21.8 Å². The number of H-pyrrole nitrogens is 2. The third kappa shape index (κ3) is 2.91. The Morgan fingerprint density at radius 3 is 2.58 bits per heavy atom. The molecule has 31 heavy (non-hydrogen) atoms. The van der Waals surface area contributed by atoms with Crippen molar-refractivity contribution in [3.05, 3.63) is 79.5 Å². The Labute approximate surface area is 176 Å². The van der Waals surface area contributed by atoms with E-state index in [1.165, 1.54) is 6.20 Å². The van der Waals surface area contributed by atoms with Crippen LogP contribution in [0.1, 0.15) is 0 Å². The normalized spacial score (nSPS) is 11.4. The summed E-state index contributed by atoms with van der Waals surface area (Å²) in [5, 5.41) is 19.4. The molecular weight excluding hydrogens is 388 g/mol. The van der Waals surface area contributed by atoms with Crippen molar-refractivity contribution < 1.29 is 5.11 Å². The number of hydrogen-bond donors (Lipinski definition) is 3. The molecule has 0 radical (unpaired) electrons. The minimum absolute atomic E-state index is 0.102. The van der Waals surface area contributed by atoms with Gasteiger partial charge in [0.15, 0.2) is 0 Å². The van der Waals surface area contributed by atoms with E-state index in [1.807, 2.05) is 24.4 Å². The summed E-state index contributed by atoms with van der Waals surface area (Å²) in [6.07, 6.45) is 8.46. The van der Waals surface area contributed by atoms with Gasteiger partial charge in [-0.25, -0.2) is 0 Å². The van der Waals surface area contributed by atoms with E-state index >= 15 is 0 Å². The van der Waals surface area contributed by atoms with Crippen molar-refractivity contribution in [2.45, 2.75) is 0 Å². The lowest BCUT2D eigenvalue weighted by atomic mass is 10.0. The molecule has 3 N–H and O–H groups in total. The van der Waals surface area contributed by atoms with E-state index in [2.05, 4.69) is 54.4 Å². The topological polar surface area (TPSA) is 103 Å². The number of pyridine rings is 3. The first-order valence-corrected chi connectivity index (χ1v) is 9.77. The van der Waals surface area contributed by atoms with Gasteiger partial charge in [0.25, 0.3) is 0 Å². The highest BCUT2D eigenvalue weighted by Crippen LogP contribution is 2.34. The van der Waals surface area contributed by atoms with Gasteiger partial charge in [0.1, 0.15) is 11.4 Å². The van der Waals surface area contributed by atoms with Gasteiger partial charge < -0.3 is 10.1 Å². The van der Waals surface area contributed by atoms with Crippen LogP contribution in [-0.2, 0) is 0 Å². The van der Waals surface area contributed by atoms with Crippen molar-refractivity contribution in [3.63, 3.8) is 0 Å². The first kappa shape index (κ1) is 17.3. The van der Waals surface area contributed by atoms with Crippen molar-refractivity contribution in [2.24, 2.45) is 0 Å². The number of aromatic hydroxyl groups is 1. The second kappa shape index (κ2) is 6.77. The summed E-state index contributed by atoms with van der Waals surface area (Å²) in [5.41, 5.74) is 7.20. The fourth-order valence-electron chi connectivity index (χ4n) is 3.90. The minimum atomic E-state index is 0.102. The standard InChI is InChI=1S/C24H16N6O/c31-16-7-15(11-26-12-16)21-9-19-23(13-27-21)29-30-24(19)22-8-18-17(4-1-5-20(18)28-22)14-3-2-6-25-10-14/h1-13,28,31H,(H,29,30). The number of aromatic nitrogens is 6. The predicted octanol–water partition coefficient (Wildman–Crippen LogP) is 4.94. The fourth-order valence-corrected chi connectivity index (χ4v) is 3.90. The lowest BCUT2D eigenvalue weighted by molar-refractivity contribution is 0.473. The molecular formula is C24H16N6O. The van der Waals surface area contributed by atoms with Crippen LogP contribution in [0.15, 0.2) is 79.5 Å². The molecule has 0 atom stereocenters. The Morgan fingerprint density at radius 2 is 1.71 bits per heavy atom. The van der Waals surface area contributed by atoms with Gasteiger partial charge in [-0.3, -0.25) is 20.1 Å². The number of rotatable bonds is 3. The quantitative estimate of drug-likeness (QED) is 0.388. The van der Waals surface area contributed by atoms with E-state index in [0.717, 1.165) is 49.9 Å². The van der Waals surface area contributed by atoms with Gasteiger partial charge in [-0.05, 0) is 35.9 Å². The summed E-state index contributed by atoms with van der Waals surface area (Å²) in [7, 11) is 0. The van der Waals surface area contributed by atoms with Crippen molar-refractivity contribution in [1.82, 2.24) is 30.1 Å². The smallest absolute Gasteiger partial charge is 0.134 e. The fraction of sp³-hybridized carbons (Fsp3) is 0. The van der Waals surface area contributed by atoms with Crippen LogP contribution in [0.3, 0.4) is 0 Å². The zero-order valence-electron chi connectivity index (χ0n) is 16.2. The summed E-state index contributed by atoms with van der Waals surface area (Å²) in [4.78, 5) is 16.3. The number of benzene rings is 1. The molecule has 1 aromatic carbocycles. The number of hydrogen-bond acceptors (Lipinski definition) is 5. The SMILES string of the molecule is Oc1cncc(-c2cc3c(-c4cc5c(-c6cccnc6)cccc5[nH]4)n[nH]c3cn2)c1. The molecule has 0 fully saturated rings. The lowest BCUT2D eigenvalue weighted by Gasteiger charge is -2.02. The average Bonchev–Trinajstić information content (AvgIpc) is 3.43. The third-order valence-electron chi connectivity index (χ3n) is 5.36. The first-order chi connectivity index (χ1) is 15.3. The summed E-state index contributed by atoms with van der Waals surface area (Å²) in [5.74, 6) is 0.102. The third-order valence-corrected chi connectivity index (χ3v) is 5.36. The van der Waals surface area contributed by atoms with E-state index in [1.54, 1.807) is 24.7 Å². The van der Waals surface area contributed by atoms with E-state index in [0.29, 0.717) is 5.69 Å². The highest BCUT2D eigenvalue weighted by Gasteiger charge is 2.15. The summed E-state index contributed by atoms with van der Waals surface area (Å²) in [6, 6.07) is 15.9. The summed E-state index contributed by atoms with van der Waals surface area (Å²) in [6.45, 7) is 0. The van der Waals surface area contributed by atoms with Gasteiger partial charge in [-0.2, -0.15) is 5.10 Å². The van der Waals surface area contributed by atoms with Crippen LogP contribution in [0.4, 0.5) is 0 Å². The zero-order valence-corrected chi connectivity index (χ0v) is 16.2. The second-order valence-corrected chi connectivity index (χ2v) is 7.31. The zero-order chi connectivity index (χ0) is 20.8. The van der Waals surface area contributed by atoms with Crippen LogP contribution in [0, 0.1) is 0 Å². The Balaban J connectivity index is 1.51. The minimum Gasteiger partial charge on any atom is -0.506 e. The molecule has 7 heteroatoms. The molecule has 148 valence electrons. The second-order valence-electron chi connectivity index (χ2n) is 7.31. The summed E-state index contributed by atoms with van der Waals surface area (Å²) < 4.78 is 0. The highest BCUT2D eigenvalue weighted by molar-refractivity contribution is 6.01. The molecule has 6 rings (SSSR count). The van der Waals surface area contributed by atoms with Gasteiger partial charge >= 0.3 is 0 Å². The van der Waals surface area contributed by atoms with Gasteiger partial charge in [-0.15, -0.1) is 0 Å². The van der Waals surface area contributed by atoms with Crippen LogP contribution in [-0.4, -0.2) is 35.2 Å². The number of fused-ring (bicyclic) bond motifs is 2. The number of aromatic amines is 2. The maximum Gasteiger partial charge on any atom is 0.134 e. The van der Waals surface area contributed by atoms with Crippen LogP contribution in [0.2, 0.25) is 0 Å². The molecule has 7 nitrogen and oxygen atoms in total. The molecule has 0 bridgehead atoms. The van der Waals surface area contributed by atoms with E-state index in [-0.39, 0.29) is 5.75 Å². The number of nitrogens with one attached hydrogen (secondary N) is 2. The molecule has 5 aromatic heterocycles. The van der Waals surface area contributed by atoms with Crippen LogP contribution in [0.25, 0.3) is 55.6 Å². The largest absolute Gasteiger partial charge is 0.506 e. The predicted molar refractivity (Wildman–Crippen MR) is 119 cm³/mol. The molecule has 0 aliphatic carbocycles. The lowest BCUT2D eigenvalue weighted by Crippen LogP contribution is -1.85. The molecule has 0 unspecified atom stereocenters. The first-order valence-electron chi connectivity index (χ1n) is 9.77. The maximum absolute atomic E-state index is 9.76. The molecule has 0 aliphatic rings. The van der Waals surface area contributed by atoms with Gasteiger partial charge in [0.2, 0.25) is 0 Å². The summed E-state index contributed by atoms with van der Waals surface area (Å²) >= 11 is 0. The van der Waals surface area contributed by atoms with E-state index in [4.69, 9.17) is 0 Å². The molecule has 0 aliphatic heterocycles. The van der Waals surface area contributed by atoms with Crippen LogP contribution >= 0.6 is 0 Å². The molecule has 0 spiro atoms. The van der Waals surface area contributed by atoms with Crippen molar-refractivity contribution in [1.29, 1.82) is 0 Å². The molecule has 6 aromatic rings. The van der Waals surface area contributed by atoms with Crippen molar-refractivity contribution in [2.75, 3.05) is 0 Å². The Bertz CT molecular complexity index is 1550. The maximum atomic E-state index is 9.76. The van der Waals surface area contributed by atoms with Gasteiger partial charge in [0.05, 0.1) is 29.3 Å². The Kier molecular flexibility index (Phi) is 3.79. The number of nitrogens with zero attached hydrogens (tertiary/aromatic N) is 4. The Morgan fingerprint density at radius 1 is 0.774 bits per heavy atom. The van der Waals surface area contributed by atoms with E-state index in [9.17, 15) is 5.11 Å². The molecule has 0 saturated carbocycles. The Hall–Kier alpha value is -4.52. The molecule has 0 saturated heterocycles. The molecule has 5 heterocycles. The molecule has 0 amide bonds. The van der Waals surface area contributed by atoms with Crippen molar-refractivity contribution in [3.8, 4) is 39.5 Å². The van der Waals surface area contributed by atoms with Gasteiger partial charge in [0, 0.05) is 46.0 Å². The monoisotopic (exact) mass is 404 g/mol. The average molecular weight is 404 g/mol. The van der Waals surface area contributed by atoms with Crippen LogP contribution < -0.4 is 0 Å². The van der Waals surface area contributed by atoms with Gasteiger partial charge in [-0.1, -0.05) is 18.2 Å². The van der Waals surface area contributed by atoms with Crippen LogP contribution in [0.5, 0.6) is 5.75 Å².